The summed E-state index contributed by atoms with van der Waals surface area (Å²) in [5.41, 5.74) is 0.577. The van der Waals surface area contributed by atoms with E-state index in [1.165, 1.54) is 0 Å². The summed E-state index contributed by atoms with van der Waals surface area (Å²) >= 11 is 5.73. The third-order valence-electron chi connectivity index (χ3n) is 2.60. The zero-order chi connectivity index (χ0) is 12.8. The molecule has 1 amide bonds. The zero-order valence-corrected chi connectivity index (χ0v) is 10.9. The average molecular weight is 256 g/mol. The summed E-state index contributed by atoms with van der Waals surface area (Å²) in [4.78, 5) is 11.7. The van der Waals surface area contributed by atoms with Crippen LogP contribution in [-0.2, 0) is 0 Å². The van der Waals surface area contributed by atoms with Crippen molar-refractivity contribution >= 4 is 17.5 Å². The lowest BCUT2D eigenvalue weighted by Crippen LogP contribution is -2.28. The van der Waals surface area contributed by atoms with Gasteiger partial charge in [-0.05, 0) is 36.6 Å². The van der Waals surface area contributed by atoms with E-state index in [-0.39, 0.29) is 17.9 Å². The third kappa shape index (κ3) is 4.75. The average Bonchev–Trinajstić information content (AvgIpc) is 2.29. The first-order valence-electron chi connectivity index (χ1n) is 5.72. The number of carbonyl (C=O) groups is 1. The summed E-state index contributed by atoms with van der Waals surface area (Å²) in [7, 11) is 0. The number of benzene rings is 1. The molecule has 1 rings (SSSR count). The van der Waals surface area contributed by atoms with Crippen molar-refractivity contribution in [2.24, 2.45) is 5.92 Å². The topological polar surface area (TPSA) is 49.3 Å². The van der Waals surface area contributed by atoms with Gasteiger partial charge in [0, 0.05) is 17.1 Å². The van der Waals surface area contributed by atoms with Gasteiger partial charge in [-0.2, -0.15) is 0 Å². The SMILES string of the molecule is CC(C)C(O)CCNC(=O)c1ccc(Cl)cc1. The van der Waals surface area contributed by atoms with Gasteiger partial charge in [-0.25, -0.2) is 0 Å². The summed E-state index contributed by atoms with van der Waals surface area (Å²) in [5, 5.41) is 12.9. The van der Waals surface area contributed by atoms with Gasteiger partial charge < -0.3 is 10.4 Å². The maximum absolute atomic E-state index is 11.7. The molecule has 0 aromatic heterocycles. The van der Waals surface area contributed by atoms with E-state index in [1.54, 1.807) is 24.3 Å². The van der Waals surface area contributed by atoms with Crippen LogP contribution in [-0.4, -0.2) is 23.7 Å². The zero-order valence-electron chi connectivity index (χ0n) is 10.1. The molecule has 1 aromatic rings. The quantitative estimate of drug-likeness (QED) is 0.849. The first-order chi connectivity index (χ1) is 8.00. The first-order valence-corrected chi connectivity index (χ1v) is 6.10. The molecular weight excluding hydrogens is 238 g/mol. The Bertz CT molecular complexity index is 362. The van der Waals surface area contributed by atoms with E-state index in [2.05, 4.69) is 5.32 Å². The standard InChI is InChI=1S/C13H18ClNO2/c1-9(2)12(16)7-8-15-13(17)10-3-5-11(14)6-4-10/h3-6,9,12,16H,7-8H2,1-2H3,(H,15,17). The van der Waals surface area contributed by atoms with Crippen molar-refractivity contribution in [3.05, 3.63) is 34.9 Å². The Labute approximate surface area is 107 Å². The van der Waals surface area contributed by atoms with Gasteiger partial charge in [0.1, 0.15) is 0 Å². The molecule has 17 heavy (non-hydrogen) atoms. The Kier molecular flexibility index (Phi) is 5.45. The van der Waals surface area contributed by atoms with E-state index in [4.69, 9.17) is 11.6 Å². The molecule has 0 saturated heterocycles. The van der Waals surface area contributed by atoms with E-state index in [0.29, 0.717) is 23.6 Å². The van der Waals surface area contributed by atoms with Crippen molar-refractivity contribution < 1.29 is 9.90 Å². The normalized spacial score (nSPS) is 12.5. The number of nitrogens with one attached hydrogen (secondary N) is 1. The lowest BCUT2D eigenvalue weighted by Gasteiger charge is -2.14. The Morgan fingerprint density at radius 3 is 2.47 bits per heavy atom. The van der Waals surface area contributed by atoms with Crippen LogP contribution in [0.1, 0.15) is 30.6 Å². The molecule has 1 unspecified atom stereocenters. The maximum atomic E-state index is 11.7. The minimum absolute atomic E-state index is 0.141. The lowest BCUT2D eigenvalue weighted by atomic mass is 10.0. The Morgan fingerprint density at radius 2 is 1.94 bits per heavy atom. The number of aliphatic hydroxyl groups is 1. The number of rotatable bonds is 5. The summed E-state index contributed by atoms with van der Waals surface area (Å²) in [6.07, 6.45) is 0.192. The number of hydrogen-bond donors (Lipinski definition) is 2. The second-order valence-corrected chi connectivity index (χ2v) is 4.80. The fourth-order valence-corrected chi connectivity index (χ4v) is 1.50. The Hall–Kier alpha value is -1.06. The molecule has 0 radical (unpaired) electrons. The molecule has 94 valence electrons. The first kappa shape index (κ1) is 14.0. The van der Waals surface area contributed by atoms with Gasteiger partial charge in [-0.15, -0.1) is 0 Å². The highest BCUT2D eigenvalue weighted by Crippen LogP contribution is 2.09. The van der Waals surface area contributed by atoms with Crippen LogP contribution in [0.4, 0.5) is 0 Å². The molecule has 0 aliphatic heterocycles. The molecule has 4 heteroatoms. The highest BCUT2D eigenvalue weighted by atomic mass is 35.5. The monoisotopic (exact) mass is 255 g/mol. The van der Waals surface area contributed by atoms with Crippen LogP contribution in [0.3, 0.4) is 0 Å². The molecule has 3 nitrogen and oxygen atoms in total. The number of hydrogen-bond acceptors (Lipinski definition) is 2. The van der Waals surface area contributed by atoms with Gasteiger partial charge in [0.25, 0.3) is 5.91 Å². The highest BCUT2D eigenvalue weighted by Gasteiger charge is 2.10. The van der Waals surface area contributed by atoms with Gasteiger partial charge in [-0.1, -0.05) is 25.4 Å². The molecule has 0 heterocycles. The van der Waals surface area contributed by atoms with Crippen LogP contribution in [0, 0.1) is 5.92 Å². The van der Waals surface area contributed by atoms with Crippen molar-refractivity contribution in [1.29, 1.82) is 0 Å². The van der Waals surface area contributed by atoms with E-state index < -0.39 is 0 Å². The number of carbonyl (C=O) groups excluding carboxylic acids is 1. The molecule has 1 aromatic carbocycles. The molecular formula is C13H18ClNO2. The predicted molar refractivity (Wildman–Crippen MR) is 69.2 cm³/mol. The van der Waals surface area contributed by atoms with Crippen LogP contribution < -0.4 is 5.32 Å². The van der Waals surface area contributed by atoms with E-state index in [9.17, 15) is 9.90 Å². The van der Waals surface area contributed by atoms with Gasteiger partial charge in [0.2, 0.25) is 0 Å². The summed E-state index contributed by atoms with van der Waals surface area (Å²) < 4.78 is 0. The molecule has 0 saturated carbocycles. The van der Waals surface area contributed by atoms with Gasteiger partial charge in [0.15, 0.2) is 0 Å². The van der Waals surface area contributed by atoms with E-state index in [1.807, 2.05) is 13.8 Å². The van der Waals surface area contributed by atoms with Crippen molar-refractivity contribution in [1.82, 2.24) is 5.32 Å². The smallest absolute Gasteiger partial charge is 0.251 e. The van der Waals surface area contributed by atoms with Crippen LogP contribution in [0.15, 0.2) is 24.3 Å². The second kappa shape index (κ2) is 6.62. The molecule has 1 atom stereocenters. The number of amides is 1. The predicted octanol–water partition coefficient (Wildman–Crippen LogP) is 2.48. The van der Waals surface area contributed by atoms with Gasteiger partial charge in [-0.3, -0.25) is 4.79 Å². The fraction of sp³-hybridized carbons (Fsp3) is 0.462. The molecule has 0 spiro atoms. The Balaban J connectivity index is 2.37. The molecule has 2 N–H and O–H groups in total. The fourth-order valence-electron chi connectivity index (χ4n) is 1.37. The van der Waals surface area contributed by atoms with Gasteiger partial charge >= 0.3 is 0 Å². The lowest BCUT2D eigenvalue weighted by molar-refractivity contribution is 0.0920. The van der Waals surface area contributed by atoms with Crippen molar-refractivity contribution in [3.8, 4) is 0 Å². The molecule has 0 bridgehead atoms. The largest absolute Gasteiger partial charge is 0.393 e. The second-order valence-electron chi connectivity index (χ2n) is 4.36. The summed E-state index contributed by atoms with van der Waals surface area (Å²) in [6, 6.07) is 6.71. The van der Waals surface area contributed by atoms with Crippen molar-refractivity contribution in [2.75, 3.05) is 6.54 Å². The van der Waals surface area contributed by atoms with Crippen molar-refractivity contribution in [2.45, 2.75) is 26.4 Å². The van der Waals surface area contributed by atoms with Crippen LogP contribution in [0.2, 0.25) is 5.02 Å². The third-order valence-corrected chi connectivity index (χ3v) is 2.85. The molecule has 0 aliphatic rings. The molecule has 0 aliphatic carbocycles. The van der Waals surface area contributed by atoms with Crippen LogP contribution in [0.25, 0.3) is 0 Å². The Morgan fingerprint density at radius 1 is 1.35 bits per heavy atom. The molecule has 0 fully saturated rings. The number of halogens is 1. The van der Waals surface area contributed by atoms with Gasteiger partial charge in [0.05, 0.1) is 6.10 Å². The summed E-state index contributed by atoms with van der Waals surface area (Å²) in [6.45, 7) is 4.37. The van der Waals surface area contributed by atoms with Crippen LogP contribution in [0.5, 0.6) is 0 Å². The maximum Gasteiger partial charge on any atom is 0.251 e. The van der Waals surface area contributed by atoms with E-state index >= 15 is 0 Å². The van der Waals surface area contributed by atoms with Crippen molar-refractivity contribution in [3.63, 3.8) is 0 Å². The highest BCUT2D eigenvalue weighted by molar-refractivity contribution is 6.30. The minimum atomic E-state index is -0.375. The van der Waals surface area contributed by atoms with Crippen LogP contribution >= 0.6 is 11.6 Å². The van der Waals surface area contributed by atoms with E-state index in [0.717, 1.165) is 0 Å². The summed E-state index contributed by atoms with van der Waals surface area (Å²) in [5.74, 6) is 0.0695. The minimum Gasteiger partial charge on any atom is -0.393 e. The number of aliphatic hydroxyl groups excluding tert-OH is 1.